The predicted octanol–water partition coefficient (Wildman–Crippen LogP) is 2.30. The van der Waals surface area contributed by atoms with E-state index in [1.807, 2.05) is 20.0 Å². The van der Waals surface area contributed by atoms with E-state index in [0.29, 0.717) is 0 Å². The molecule has 0 aromatic rings. The molecule has 0 amide bonds. The molecule has 0 radical (unpaired) electrons. The Morgan fingerprint density at radius 2 is 2.10 bits per heavy atom. The van der Waals surface area contributed by atoms with Crippen LogP contribution in [0.25, 0.3) is 0 Å². The topological polar surface area (TPSA) is 46.5 Å². The number of hydrogen-bond donors (Lipinski definition) is 1. The van der Waals surface area contributed by atoms with Gasteiger partial charge in [0.2, 0.25) is 0 Å². The normalized spacial score (nSPS) is 11.1. The molecule has 0 saturated heterocycles. The van der Waals surface area contributed by atoms with Crippen molar-refractivity contribution in [2.24, 2.45) is 0 Å². The molecule has 0 aliphatic rings. The zero-order valence-electron chi connectivity index (χ0n) is 6.68. The first-order chi connectivity index (χ1) is 4.48. The molecule has 0 aliphatic carbocycles. The van der Waals surface area contributed by atoms with Gasteiger partial charge < -0.3 is 9.53 Å². The molecule has 60 valence electrons. The summed E-state index contributed by atoms with van der Waals surface area (Å²) in [4.78, 5) is 10.1. The molecule has 1 N–H and O–H groups in total. The zero-order chi connectivity index (χ0) is 8.20. The van der Waals surface area contributed by atoms with E-state index in [1.165, 1.54) is 0 Å². The number of rotatable bonds is 3. The first kappa shape index (κ1) is 9.49. The van der Waals surface area contributed by atoms with Crippen LogP contribution in [0.4, 0.5) is 4.79 Å². The van der Waals surface area contributed by atoms with Crippen molar-refractivity contribution in [2.75, 3.05) is 0 Å². The average molecular weight is 162 g/mol. The molecule has 0 aliphatic heterocycles. The van der Waals surface area contributed by atoms with Crippen LogP contribution in [-0.4, -0.2) is 19.6 Å². The van der Waals surface area contributed by atoms with Gasteiger partial charge in [-0.05, 0) is 19.1 Å². The van der Waals surface area contributed by atoms with Gasteiger partial charge >= 0.3 is 6.16 Å². The van der Waals surface area contributed by atoms with E-state index in [0.717, 1.165) is 12.5 Å². The van der Waals surface area contributed by atoms with Gasteiger partial charge in [0.15, 0.2) is 0 Å². The summed E-state index contributed by atoms with van der Waals surface area (Å²) in [6, 6.07) is 0.902. The molecule has 0 saturated carbocycles. The summed E-state index contributed by atoms with van der Waals surface area (Å²) in [6.07, 6.45) is -0.142. The van der Waals surface area contributed by atoms with Gasteiger partial charge in [-0.25, -0.2) is 4.79 Å². The summed E-state index contributed by atoms with van der Waals surface area (Å²) in [7, 11) is -1.87. The Hall–Kier alpha value is -0.513. The summed E-state index contributed by atoms with van der Waals surface area (Å²) in [5.74, 6) is 0. The highest BCUT2D eigenvalue weighted by Crippen LogP contribution is 2.12. The third-order valence-electron chi connectivity index (χ3n) is 1.22. The second kappa shape index (κ2) is 3.61. The van der Waals surface area contributed by atoms with Gasteiger partial charge in [-0.2, -0.15) is 0 Å². The lowest BCUT2D eigenvalue weighted by atomic mass is 10.6. The quantitative estimate of drug-likeness (QED) is 0.648. The van der Waals surface area contributed by atoms with Crippen LogP contribution in [0.3, 0.4) is 0 Å². The molecule has 0 rings (SSSR count). The van der Waals surface area contributed by atoms with Crippen molar-refractivity contribution in [3.8, 4) is 0 Å². The van der Waals surface area contributed by atoms with Gasteiger partial charge in [-0.1, -0.05) is 13.3 Å². The van der Waals surface area contributed by atoms with E-state index in [-0.39, 0.29) is 0 Å². The summed E-state index contributed by atoms with van der Waals surface area (Å²) in [6.45, 7) is 5.84. The predicted molar refractivity (Wildman–Crippen MR) is 41.7 cm³/mol. The molecule has 0 aromatic heterocycles. The van der Waals surface area contributed by atoms with Gasteiger partial charge in [-0.15, -0.1) is 0 Å². The van der Waals surface area contributed by atoms with Gasteiger partial charge in [0, 0.05) is 0 Å². The Bertz CT molecular complexity index is 122. The molecule has 4 heteroatoms. The van der Waals surface area contributed by atoms with Crippen molar-refractivity contribution in [1.29, 1.82) is 0 Å². The standard InChI is InChI=1S/C6H14O3Si/c1-4-5-10(2,3)9-6(7)8/h4-5H2,1-3H3,(H,7,8). The van der Waals surface area contributed by atoms with E-state index in [2.05, 4.69) is 0 Å². The third kappa shape index (κ3) is 4.37. The van der Waals surface area contributed by atoms with Gasteiger partial charge in [0.1, 0.15) is 0 Å². The minimum atomic E-state index is -1.87. The molecule has 0 aromatic carbocycles. The van der Waals surface area contributed by atoms with Crippen LogP contribution in [0.1, 0.15) is 13.3 Å². The van der Waals surface area contributed by atoms with Crippen molar-refractivity contribution in [3.05, 3.63) is 0 Å². The zero-order valence-corrected chi connectivity index (χ0v) is 7.68. The summed E-state index contributed by atoms with van der Waals surface area (Å²) < 4.78 is 4.73. The lowest BCUT2D eigenvalue weighted by molar-refractivity contribution is 0.141. The largest absolute Gasteiger partial charge is 0.491 e. The average Bonchev–Trinajstić information content (AvgIpc) is 1.59. The molecular formula is C6H14O3Si. The SMILES string of the molecule is CCC[Si](C)(C)OC(=O)O. The van der Waals surface area contributed by atoms with Crippen molar-refractivity contribution >= 4 is 14.5 Å². The summed E-state index contributed by atoms with van der Waals surface area (Å²) >= 11 is 0. The van der Waals surface area contributed by atoms with Gasteiger partial charge in [-0.3, -0.25) is 0 Å². The number of carboxylic acid groups (broad SMARTS) is 1. The van der Waals surface area contributed by atoms with E-state index in [1.54, 1.807) is 0 Å². The smallest absolute Gasteiger partial charge is 0.490 e. The Morgan fingerprint density at radius 1 is 1.60 bits per heavy atom. The molecular weight excluding hydrogens is 148 g/mol. The Labute approximate surface area is 62.1 Å². The second-order valence-electron chi connectivity index (χ2n) is 2.88. The van der Waals surface area contributed by atoms with Crippen molar-refractivity contribution in [3.63, 3.8) is 0 Å². The van der Waals surface area contributed by atoms with Crippen LogP contribution >= 0.6 is 0 Å². The van der Waals surface area contributed by atoms with Crippen LogP contribution < -0.4 is 0 Å². The summed E-state index contributed by atoms with van der Waals surface area (Å²) in [5.41, 5.74) is 0. The van der Waals surface area contributed by atoms with Crippen molar-refractivity contribution in [2.45, 2.75) is 32.5 Å². The fourth-order valence-corrected chi connectivity index (χ4v) is 2.67. The molecule has 0 bridgehead atoms. The fourth-order valence-electron chi connectivity index (χ4n) is 0.889. The lowest BCUT2D eigenvalue weighted by Gasteiger charge is -2.18. The van der Waals surface area contributed by atoms with Gasteiger partial charge in [0.05, 0.1) is 0 Å². The van der Waals surface area contributed by atoms with Gasteiger partial charge in [0.25, 0.3) is 8.32 Å². The van der Waals surface area contributed by atoms with Crippen molar-refractivity contribution in [1.82, 2.24) is 0 Å². The molecule has 3 nitrogen and oxygen atoms in total. The number of hydrogen-bond acceptors (Lipinski definition) is 2. The van der Waals surface area contributed by atoms with E-state index in [9.17, 15) is 4.79 Å². The molecule has 0 heterocycles. The lowest BCUT2D eigenvalue weighted by Crippen LogP contribution is -2.32. The van der Waals surface area contributed by atoms with Crippen LogP contribution in [-0.2, 0) is 4.43 Å². The molecule has 0 atom stereocenters. The monoisotopic (exact) mass is 162 g/mol. The second-order valence-corrected chi connectivity index (χ2v) is 7.10. The Kier molecular flexibility index (Phi) is 3.42. The first-order valence-corrected chi connectivity index (χ1v) is 6.51. The van der Waals surface area contributed by atoms with E-state index < -0.39 is 14.5 Å². The maximum Gasteiger partial charge on any atom is 0.491 e. The maximum atomic E-state index is 10.1. The Balaban J connectivity index is 3.74. The van der Waals surface area contributed by atoms with Crippen LogP contribution in [0.5, 0.6) is 0 Å². The highest BCUT2D eigenvalue weighted by atomic mass is 28.4. The van der Waals surface area contributed by atoms with Crippen LogP contribution in [0.2, 0.25) is 19.1 Å². The first-order valence-electron chi connectivity index (χ1n) is 3.40. The summed E-state index contributed by atoms with van der Waals surface area (Å²) in [5, 5.41) is 8.29. The molecule has 0 fully saturated rings. The van der Waals surface area contributed by atoms with Crippen LogP contribution in [0.15, 0.2) is 0 Å². The molecule has 10 heavy (non-hydrogen) atoms. The van der Waals surface area contributed by atoms with Crippen LogP contribution in [0, 0.1) is 0 Å². The van der Waals surface area contributed by atoms with E-state index in [4.69, 9.17) is 9.53 Å². The number of carbonyl (C=O) groups is 1. The van der Waals surface area contributed by atoms with Crippen molar-refractivity contribution < 1.29 is 14.3 Å². The fraction of sp³-hybridized carbons (Fsp3) is 0.833. The highest BCUT2D eigenvalue weighted by Gasteiger charge is 2.25. The minimum absolute atomic E-state index is 0.902. The minimum Gasteiger partial charge on any atom is -0.490 e. The third-order valence-corrected chi connectivity index (χ3v) is 3.65. The molecule has 0 unspecified atom stereocenters. The maximum absolute atomic E-state index is 10.1. The Morgan fingerprint density at radius 3 is 2.40 bits per heavy atom. The molecule has 0 spiro atoms. The van der Waals surface area contributed by atoms with E-state index >= 15 is 0 Å². The highest BCUT2D eigenvalue weighted by molar-refractivity contribution is 6.72.